The van der Waals surface area contributed by atoms with E-state index >= 15 is 0 Å². The van der Waals surface area contributed by atoms with Crippen molar-refractivity contribution in [1.29, 1.82) is 0 Å². The van der Waals surface area contributed by atoms with Crippen molar-refractivity contribution in [2.45, 2.75) is 12.5 Å². The highest BCUT2D eigenvalue weighted by Gasteiger charge is 2.40. The highest BCUT2D eigenvalue weighted by Crippen LogP contribution is 2.34. The van der Waals surface area contributed by atoms with E-state index in [2.05, 4.69) is 27.0 Å². The Bertz CT molecular complexity index is 1140. The first-order valence-corrected chi connectivity index (χ1v) is 10.3. The molecule has 7 heteroatoms. The van der Waals surface area contributed by atoms with E-state index in [9.17, 15) is 9.90 Å². The number of hydrogen-bond donors (Lipinski definition) is 1. The zero-order valence-electron chi connectivity index (χ0n) is 17.2. The maximum atomic E-state index is 11.9. The lowest BCUT2D eigenvalue weighted by atomic mass is 10.0. The molecule has 154 valence electrons. The number of pyridine rings is 1. The summed E-state index contributed by atoms with van der Waals surface area (Å²) < 4.78 is 1.51. The van der Waals surface area contributed by atoms with Crippen LogP contribution in [-0.2, 0) is 7.05 Å². The molecule has 2 aliphatic heterocycles. The topological polar surface area (TPSA) is 74.5 Å². The van der Waals surface area contributed by atoms with Crippen molar-refractivity contribution in [2.75, 3.05) is 31.6 Å². The van der Waals surface area contributed by atoms with Crippen LogP contribution in [-0.4, -0.2) is 57.5 Å². The van der Waals surface area contributed by atoms with Crippen LogP contribution in [0.15, 0.2) is 53.5 Å². The Morgan fingerprint density at radius 1 is 1.00 bits per heavy atom. The molecule has 2 aliphatic rings. The fourth-order valence-electron chi connectivity index (χ4n) is 4.65. The normalized spacial score (nSPS) is 21.2. The molecule has 0 spiro atoms. The van der Waals surface area contributed by atoms with Crippen molar-refractivity contribution >= 4 is 5.82 Å². The SMILES string of the molecule is CN1CC[C@@H]2CN(c3ccc(-c4ccc(-c5ccn(C)c(=O)c5)cc4O)nn3)C[C@@H]21. The molecule has 2 saturated heterocycles. The van der Waals surface area contributed by atoms with Crippen molar-refractivity contribution in [3.63, 3.8) is 0 Å². The summed E-state index contributed by atoms with van der Waals surface area (Å²) in [6, 6.07) is 13.3. The van der Waals surface area contributed by atoms with E-state index in [1.807, 2.05) is 30.3 Å². The molecule has 4 heterocycles. The standard InChI is InChI=1S/C23H25N5O2/c1-26-9-8-17-13-28(14-20(17)26)22-6-5-19(24-25-22)18-4-3-15(11-21(18)29)16-7-10-27(2)23(30)12-16/h3-7,10-12,17,20,29H,8-9,13-14H2,1-2H3/t17-,20+/m1/s1. The summed E-state index contributed by atoms with van der Waals surface area (Å²) >= 11 is 0. The molecular formula is C23H25N5O2. The molecule has 2 fully saturated rings. The fourth-order valence-corrected chi connectivity index (χ4v) is 4.65. The van der Waals surface area contributed by atoms with Crippen LogP contribution in [0.25, 0.3) is 22.4 Å². The number of nitrogens with zero attached hydrogens (tertiary/aromatic N) is 5. The summed E-state index contributed by atoms with van der Waals surface area (Å²) in [5.74, 6) is 1.72. The van der Waals surface area contributed by atoms with Crippen molar-refractivity contribution in [2.24, 2.45) is 13.0 Å². The molecule has 0 amide bonds. The second-order valence-corrected chi connectivity index (χ2v) is 8.37. The molecule has 0 aliphatic carbocycles. The minimum Gasteiger partial charge on any atom is -0.507 e. The first-order valence-electron chi connectivity index (χ1n) is 10.3. The monoisotopic (exact) mass is 403 g/mol. The summed E-state index contributed by atoms with van der Waals surface area (Å²) in [6.45, 7) is 3.20. The molecule has 1 aromatic carbocycles. The van der Waals surface area contributed by atoms with Gasteiger partial charge in [0.05, 0.1) is 5.69 Å². The van der Waals surface area contributed by atoms with Crippen LogP contribution in [0.3, 0.4) is 0 Å². The van der Waals surface area contributed by atoms with Crippen molar-refractivity contribution in [3.05, 3.63) is 59.0 Å². The molecule has 0 saturated carbocycles. The molecule has 1 N–H and O–H groups in total. The Kier molecular flexibility index (Phi) is 4.55. The van der Waals surface area contributed by atoms with E-state index in [-0.39, 0.29) is 11.3 Å². The van der Waals surface area contributed by atoms with Crippen LogP contribution in [0.2, 0.25) is 0 Å². The number of aromatic hydroxyl groups is 1. The Morgan fingerprint density at radius 3 is 2.53 bits per heavy atom. The summed E-state index contributed by atoms with van der Waals surface area (Å²) in [6.07, 6.45) is 2.97. The van der Waals surface area contributed by atoms with Crippen LogP contribution < -0.4 is 10.5 Å². The lowest BCUT2D eigenvalue weighted by Crippen LogP contribution is -2.32. The lowest BCUT2D eigenvalue weighted by molar-refractivity contribution is 0.310. The molecule has 30 heavy (non-hydrogen) atoms. The smallest absolute Gasteiger partial charge is 0.250 e. The molecule has 2 aromatic heterocycles. The maximum absolute atomic E-state index is 11.9. The number of fused-ring (bicyclic) bond motifs is 1. The highest BCUT2D eigenvalue weighted by atomic mass is 16.3. The van der Waals surface area contributed by atoms with E-state index < -0.39 is 0 Å². The maximum Gasteiger partial charge on any atom is 0.250 e. The van der Waals surface area contributed by atoms with Crippen LogP contribution in [0.4, 0.5) is 5.82 Å². The third-order valence-electron chi connectivity index (χ3n) is 6.51. The van der Waals surface area contributed by atoms with Crippen molar-refractivity contribution < 1.29 is 5.11 Å². The van der Waals surface area contributed by atoms with Gasteiger partial charge in [-0.2, -0.15) is 0 Å². The predicted octanol–water partition coefficient (Wildman–Crippen LogP) is 2.36. The van der Waals surface area contributed by atoms with Gasteiger partial charge in [0.2, 0.25) is 0 Å². The molecule has 0 bridgehead atoms. The van der Waals surface area contributed by atoms with Crippen molar-refractivity contribution in [1.82, 2.24) is 19.7 Å². The molecule has 5 rings (SSSR count). The predicted molar refractivity (Wildman–Crippen MR) is 117 cm³/mol. The third kappa shape index (κ3) is 3.25. The zero-order valence-corrected chi connectivity index (χ0v) is 17.2. The van der Waals surface area contributed by atoms with Gasteiger partial charge in [0, 0.05) is 44.0 Å². The molecule has 7 nitrogen and oxygen atoms in total. The van der Waals surface area contributed by atoms with Gasteiger partial charge < -0.3 is 19.5 Å². The molecule has 3 aromatic rings. The quantitative estimate of drug-likeness (QED) is 0.724. The molecule has 2 atom stereocenters. The fraction of sp³-hybridized carbons (Fsp3) is 0.348. The number of anilines is 1. The number of aryl methyl sites for hydroxylation is 1. The van der Waals surface area contributed by atoms with E-state index in [4.69, 9.17) is 0 Å². The van der Waals surface area contributed by atoms with Gasteiger partial charge in [-0.05, 0) is 67.4 Å². The average molecular weight is 403 g/mol. The number of hydrogen-bond acceptors (Lipinski definition) is 6. The number of phenolic OH excluding ortho intramolecular Hbond substituents is 1. The summed E-state index contributed by atoms with van der Waals surface area (Å²) in [4.78, 5) is 16.6. The molecule has 0 unspecified atom stereocenters. The minimum absolute atomic E-state index is 0.0882. The van der Waals surface area contributed by atoms with Crippen LogP contribution >= 0.6 is 0 Å². The second-order valence-electron chi connectivity index (χ2n) is 8.37. The third-order valence-corrected chi connectivity index (χ3v) is 6.51. The first kappa shape index (κ1) is 18.8. The van der Waals surface area contributed by atoms with Crippen LogP contribution in [0.1, 0.15) is 6.42 Å². The number of phenols is 1. The molecule has 0 radical (unpaired) electrons. The average Bonchev–Trinajstić information content (AvgIpc) is 3.32. The summed E-state index contributed by atoms with van der Waals surface area (Å²) in [7, 11) is 3.91. The van der Waals surface area contributed by atoms with Crippen LogP contribution in [0, 0.1) is 5.92 Å². The number of benzene rings is 1. The zero-order chi connectivity index (χ0) is 20.8. The number of likely N-dealkylation sites (tertiary alicyclic amines) is 1. The summed E-state index contributed by atoms with van der Waals surface area (Å²) in [5.41, 5.74) is 2.72. The number of rotatable bonds is 3. The van der Waals surface area contributed by atoms with Gasteiger partial charge >= 0.3 is 0 Å². The van der Waals surface area contributed by atoms with Gasteiger partial charge in [0.25, 0.3) is 5.56 Å². The first-order chi connectivity index (χ1) is 14.5. The lowest BCUT2D eigenvalue weighted by Gasteiger charge is -2.21. The van der Waals surface area contributed by atoms with Gasteiger partial charge in [-0.15, -0.1) is 10.2 Å². The van der Waals surface area contributed by atoms with Crippen molar-refractivity contribution in [3.8, 4) is 28.1 Å². The molecular weight excluding hydrogens is 378 g/mol. The largest absolute Gasteiger partial charge is 0.507 e. The highest BCUT2D eigenvalue weighted by molar-refractivity contribution is 5.74. The minimum atomic E-state index is -0.0882. The van der Waals surface area contributed by atoms with Crippen LogP contribution in [0.5, 0.6) is 5.75 Å². The Balaban J connectivity index is 1.37. The Hall–Kier alpha value is -3.19. The number of aromatic nitrogens is 3. The Morgan fingerprint density at radius 2 is 1.83 bits per heavy atom. The van der Waals surface area contributed by atoms with Gasteiger partial charge in [0.15, 0.2) is 5.82 Å². The van der Waals surface area contributed by atoms with E-state index in [1.54, 1.807) is 25.4 Å². The van der Waals surface area contributed by atoms with E-state index in [0.29, 0.717) is 23.2 Å². The van der Waals surface area contributed by atoms with Gasteiger partial charge in [0.1, 0.15) is 5.75 Å². The van der Waals surface area contributed by atoms with Gasteiger partial charge in [-0.25, -0.2) is 0 Å². The van der Waals surface area contributed by atoms with Gasteiger partial charge in [-0.3, -0.25) is 4.79 Å². The van der Waals surface area contributed by atoms with E-state index in [0.717, 1.165) is 30.0 Å². The number of likely N-dealkylation sites (N-methyl/N-ethyl adjacent to an activating group) is 1. The Labute approximate surface area is 175 Å². The second kappa shape index (κ2) is 7.25. The summed E-state index contributed by atoms with van der Waals surface area (Å²) in [5, 5.41) is 19.4. The van der Waals surface area contributed by atoms with Gasteiger partial charge in [-0.1, -0.05) is 6.07 Å². The van der Waals surface area contributed by atoms with E-state index in [1.165, 1.54) is 17.5 Å².